The molecule has 3 aromatic carbocycles. The Hall–Kier alpha value is -3.59. The number of ether oxygens (including phenoxy) is 2. The predicted octanol–water partition coefficient (Wildman–Crippen LogP) is 4.87. The van der Waals surface area contributed by atoms with Gasteiger partial charge in [0, 0.05) is 33.7 Å². The number of nitro benzene ring substituents is 1. The molecular formula is C20H13FN2O5S. The van der Waals surface area contributed by atoms with Crippen LogP contribution >= 0.6 is 11.8 Å². The van der Waals surface area contributed by atoms with Crippen molar-refractivity contribution in [2.45, 2.75) is 9.79 Å². The van der Waals surface area contributed by atoms with Crippen LogP contribution in [0, 0.1) is 15.9 Å². The first-order valence-corrected chi connectivity index (χ1v) is 9.25. The summed E-state index contributed by atoms with van der Waals surface area (Å²) in [6, 6.07) is 14.9. The van der Waals surface area contributed by atoms with Crippen molar-refractivity contribution >= 4 is 29.0 Å². The van der Waals surface area contributed by atoms with Gasteiger partial charge >= 0.3 is 0 Å². The number of nitro groups is 1. The van der Waals surface area contributed by atoms with Gasteiger partial charge in [0.1, 0.15) is 5.82 Å². The minimum Gasteiger partial charge on any atom is -0.454 e. The van der Waals surface area contributed by atoms with Crippen molar-refractivity contribution in [3.63, 3.8) is 0 Å². The van der Waals surface area contributed by atoms with Gasteiger partial charge < -0.3 is 14.8 Å². The van der Waals surface area contributed by atoms with Crippen molar-refractivity contribution in [3.8, 4) is 11.5 Å². The Morgan fingerprint density at radius 1 is 1.03 bits per heavy atom. The molecule has 0 radical (unpaired) electrons. The van der Waals surface area contributed by atoms with E-state index >= 15 is 0 Å². The second kappa shape index (κ2) is 7.80. The molecule has 4 rings (SSSR count). The summed E-state index contributed by atoms with van der Waals surface area (Å²) in [6.07, 6.45) is 0. The lowest BCUT2D eigenvalue weighted by molar-refractivity contribution is -0.384. The Morgan fingerprint density at radius 2 is 1.83 bits per heavy atom. The molecule has 146 valence electrons. The van der Waals surface area contributed by atoms with Gasteiger partial charge in [-0.3, -0.25) is 14.9 Å². The highest BCUT2D eigenvalue weighted by atomic mass is 32.2. The molecule has 0 unspecified atom stereocenters. The summed E-state index contributed by atoms with van der Waals surface area (Å²) in [7, 11) is 0. The fourth-order valence-corrected chi connectivity index (χ4v) is 3.66. The van der Waals surface area contributed by atoms with Gasteiger partial charge in [0.25, 0.3) is 11.6 Å². The molecule has 0 saturated carbocycles. The second-order valence-electron chi connectivity index (χ2n) is 5.99. The molecule has 0 spiro atoms. The van der Waals surface area contributed by atoms with Gasteiger partial charge in [-0.05, 0) is 30.3 Å². The molecule has 0 fully saturated rings. The highest BCUT2D eigenvalue weighted by Gasteiger charge is 2.20. The lowest BCUT2D eigenvalue weighted by Crippen LogP contribution is -2.13. The Morgan fingerprint density at radius 3 is 2.62 bits per heavy atom. The summed E-state index contributed by atoms with van der Waals surface area (Å²) in [5.74, 6) is 0.0429. The van der Waals surface area contributed by atoms with Crippen molar-refractivity contribution in [1.82, 2.24) is 0 Å². The molecule has 3 aromatic rings. The number of anilines is 1. The summed E-state index contributed by atoms with van der Waals surface area (Å²) < 4.78 is 24.6. The number of carbonyl (C=O) groups excluding carboxylic acids is 1. The third kappa shape index (κ3) is 3.99. The Balaban J connectivity index is 1.66. The topological polar surface area (TPSA) is 90.7 Å². The Bertz CT molecular complexity index is 1120. The summed E-state index contributed by atoms with van der Waals surface area (Å²) in [4.78, 5) is 24.1. The summed E-state index contributed by atoms with van der Waals surface area (Å²) >= 11 is 1.02. The highest BCUT2D eigenvalue weighted by Crippen LogP contribution is 2.36. The van der Waals surface area contributed by atoms with E-state index in [9.17, 15) is 19.3 Å². The molecule has 0 atom stereocenters. The number of halogens is 1. The number of nitrogens with one attached hydrogen (secondary N) is 1. The molecule has 9 heteroatoms. The number of hydrogen-bond acceptors (Lipinski definition) is 6. The Kier molecular flexibility index (Phi) is 5.05. The molecule has 29 heavy (non-hydrogen) atoms. The van der Waals surface area contributed by atoms with E-state index in [1.807, 2.05) is 0 Å². The van der Waals surface area contributed by atoms with E-state index in [4.69, 9.17) is 9.47 Å². The van der Waals surface area contributed by atoms with Gasteiger partial charge in [-0.25, -0.2) is 4.39 Å². The number of amides is 1. The van der Waals surface area contributed by atoms with Gasteiger partial charge in [-0.1, -0.05) is 23.9 Å². The first-order chi connectivity index (χ1) is 14.0. The van der Waals surface area contributed by atoms with Gasteiger partial charge in [-0.15, -0.1) is 0 Å². The summed E-state index contributed by atoms with van der Waals surface area (Å²) in [5.41, 5.74) is 0.261. The normalized spacial score (nSPS) is 11.9. The first-order valence-electron chi connectivity index (χ1n) is 8.43. The third-order valence-corrected chi connectivity index (χ3v) is 5.23. The van der Waals surface area contributed by atoms with Crippen LogP contribution in [0.25, 0.3) is 0 Å². The van der Waals surface area contributed by atoms with E-state index in [1.165, 1.54) is 24.3 Å². The molecule has 0 aromatic heterocycles. The smallest absolute Gasteiger partial charge is 0.270 e. The van der Waals surface area contributed by atoms with Crippen LogP contribution in [0.2, 0.25) is 0 Å². The van der Waals surface area contributed by atoms with Gasteiger partial charge in [0.05, 0.1) is 10.5 Å². The number of nitrogens with zero attached hydrogens (tertiary/aromatic N) is 1. The average Bonchev–Trinajstić information content (AvgIpc) is 3.17. The maximum Gasteiger partial charge on any atom is 0.270 e. The van der Waals surface area contributed by atoms with Crippen LogP contribution in [0.4, 0.5) is 15.8 Å². The molecule has 7 nitrogen and oxygen atoms in total. The van der Waals surface area contributed by atoms with Crippen molar-refractivity contribution < 1.29 is 23.6 Å². The lowest BCUT2D eigenvalue weighted by atomic mass is 10.1. The van der Waals surface area contributed by atoms with E-state index in [1.54, 1.807) is 36.4 Å². The van der Waals surface area contributed by atoms with Gasteiger partial charge in [-0.2, -0.15) is 0 Å². The van der Waals surface area contributed by atoms with Crippen LogP contribution < -0.4 is 14.8 Å². The monoisotopic (exact) mass is 412 g/mol. The second-order valence-corrected chi connectivity index (χ2v) is 7.08. The molecular weight excluding hydrogens is 399 g/mol. The van der Waals surface area contributed by atoms with Crippen molar-refractivity contribution in [2.75, 3.05) is 12.1 Å². The van der Waals surface area contributed by atoms with Crippen LogP contribution in [-0.2, 0) is 0 Å². The molecule has 1 aliphatic rings. The molecule has 0 aliphatic carbocycles. The Labute approximate surface area is 168 Å². The van der Waals surface area contributed by atoms with E-state index in [0.29, 0.717) is 27.0 Å². The lowest BCUT2D eigenvalue weighted by Gasteiger charge is -2.11. The average molecular weight is 412 g/mol. The zero-order chi connectivity index (χ0) is 20.4. The molecule has 0 bridgehead atoms. The summed E-state index contributed by atoms with van der Waals surface area (Å²) in [5, 5.41) is 13.9. The van der Waals surface area contributed by atoms with Crippen LogP contribution in [0.1, 0.15) is 10.4 Å². The number of non-ortho nitro benzene ring substituents is 1. The molecule has 1 amide bonds. The third-order valence-electron chi connectivity index (χ3n) is 4.11. The molecule has 1 heterocycles. The van der Waals surface area contributed by atoms with Crippen molar-refractivity contribution in [3.05, 3.63) is 82.2 Å². The van der Waals surface area contributed by atoms with Crippen LogP contribution in [0.5, 0.6) is 11.5 Å². The minimum absolute atomic E-state index is 0.0603. The van der Waals surface area contributed by atoms with Crippen LogP contribution in [0.15, 0.2) is 70.5 Å². The predicted molar refractivity (Wildman–Crippen MR) is 104 cm³/mol. The van der Waals surface area contributed by atoms with Crippen molar-refractivity contribution in [2.24, 2.45) is 0 Å². The minimum atomic E-state index is -0.588. The van der Waals surface area contributed by atoms with Gasteiger partial charge in [0.15, 0.2) is 11.5 Å². The van der Waals surface area contributed by atoms with Crippen molar-refractivity contribution in [1.29, 1.82) is 0 Å². The quantitative estimate of drug-likeness (QED) is 0.475. The molecule has 0 saturated heterocycles. The van der Waals surface area contributed by atoms with E-state index in [2.05, 4.69) is 5.32 Å². The fraction of sp³-hybridized carbons (Fsp3) is 0.0500. The van der Waals surface area contributed by atoms with Crippen LogP contribution in [-0.4, -0.2) is 17.6 Å². The standard InChI is InChI=1S/C20H13FN2O5S/c21-15-3-1-2-4-19(15)29-18-8-6-13(23(25)26)10-14(18)20(24)22-12-5-7-16-17(9-12)28-11-27-16/h1-10H,11H2,(H,22,24). The van der Waals surface area contributed by atoms with E-state index < -0.39 is 16.6 Å². The number of benzene rings is 3. The number of hydrogen-bond donors (Lipinski definition) is 1. The number of fused-ring (bicyclic) bond motifs is 1. The largest absolute Gasteiger partial charge is 0.454 e. The molecule has 1 aliphatic heterocycles. The first kappa shape index (κ1) is 18.8. The highest BCUT2D eigenvalue weighted by molar-refractivity contribution is 7.99. The SMILES string of the molecule is O=C(Nc1ccc2c(c1)OCO2)c1cc([N+](=O)[O-])ccc1Sc1ccccc1F. The molecule has 1 N–H and O–H groups in total. The maximum absolute atomic E-state index is 14.0. The van der Waals surface area contributed by atoms with Gasteiger partial charge in [0.2, 0.25) is 6.79 Å². The number of carbonyl (C=O) groups is 1. The zero-order valence-electron chi connectivity index (χ0n) is 14.8. The zero-order valence-corrected chi connectivity index (χ0v) is 15.6. The van der Waals surface area contributed by atoms with E-state index in [-0.39, 0.29) is 18.0 Å². The van der Waals surface area contributed by atoms with E-state index in [0.717, 1.165) is 11.8 Å². The number of rotatable bonds is 5. The van der Waals surface area contributed by atoms with Crippen LogP contribution in [0.3, 0.4) is 0 Å². The summed E-state index contributed by atoms with van der Waals surface area (Å²) in [6.45, 7) is 0.0983. The maximum atomic E-state index is 14.0. The fourth-order valence-electron chi connectivity index (χ4n) is 2.72.